The van der Waals surface area contributed by atoms with E-state index in [0.717, 1.165) is 17.4 Å². The molecule has 0 bridgehead atoms. The minimum atomic E-state index is -3.90. The summed E-state index contributed by atoms with van der Waals surface area (Å²) in [5.74, 6) is -1.11. The summed E-state index contributed by atoms with van der Waals surface area (Å²) in [6, 6.07) is 17.1. The SMILES string of the molecule is O=C(NCCc1ccn(-c2ccccc2)n1)C1CCN(S(=O)(=O)c2ccccc2F)CC1. The van der Waals surface area contributed by atoms with E-state index in [1.807, 2.05) is 42.6 Å². The lowest BCUT2D eigenvalue weighted by molar-refractivity contribution is -0.126. The molecule has 0 atom stereocenters. The zero-order valence-electron chi connectivity index (χ0n) is 17.5. The smallest absolute Gasteiger partial charge is 0.245 e. The maximum Gasteiger partial charge on any atom is 0.245 e. The number of rotatable bonds is 7. The molecule has 1 N–H and O–H groups in total. The first kappa shape index (κ1) is 22.2. The lowest BCUT2D eigenvalue weighted by Gasteiger charge is -2.30. The summed E-state index contributed by atoms with van der Waals surface area (Å²) in [5, 5.41) is 7.45. The molecule has 1 aliphatic rings. The first-order valence-electron chi connectivity index (χ1n) is 10.6. The number of hydrogen-bond acceptors (Lipinski definition) is 4. The predicted octanol–water partition coefficient (Wildman–Crippen LogP) is 2.77. The molecule has 1 aromatic heterocycles. The molecule has 1 fully saturated rings. The molecule has 9 heteroatoms. The van der Waals surface area contributed by atoms with E-state index in [9.17, 15) is 17.6 Å². The molecule has 32 heavy (non-hydrogen) atoms. The number of amides is 1. The van der Waals surface area contributed by atoms with Crippen molar-refractivity contribution in [1.29, 1.82) is 0 Å². The Bertz CT molecular complexity index is 1170. The fraction of sp³-hybridized carbons (Fsp3) is 0.304. The van der Waals surface area contributed by atoms with E-state index in [1.54, 1.807) is 4.68 Å². The van der Waals surface area contributed by atoms with Crippen LogP contribution in [0.3, 0.4) is 0 Å². The van der Waals surface area contributed by atoms with Crippen LogP contribution in [0.25, 0.3) is 5.69 Å². The van der Waals surface area contributed by atoms with Crippen molar-refractivity contribution >= 4 is 15.9 Å². The Hall–Kier alpha value is -3.04. The number of nitrogens with one attached hydrogen (secondary N) is 1. The van der Waals surface area contributed by atoms with Crippen molar-refractivity contribution in [2.75, 3.05) is 19.6 Å². The Labute approximate surface area is 186 Å². The van der Waals surface area contributed by atoms with Gasteiger partial charge in [-0.3, -0.25) is 4.79 Å². The Kier molecular flexibility index (Phi) is 6.66. The van der Waals surface area contributed by atoms with Gasteiger partial charge in [0.2, 0.25) is 15.9 Å². The van der Waals surface area contributed by atoms with Crippen LogP contribution in [0.5, 0.6) is 0 Å². The molecule has 0 radical (unpaired) electrons. The van der Waals surface area contributed by atoms with Crippen molar-refractivity contribution < 1.29 is 17.6 Å². The third-order valence-corrected chi connectivity index (χ3v) is 7.56. The molecule has 3 aromatic rings. The Morgan fingerprint density at radius 1 is 1.03 bits per heavy atom. The Morgan fingerprint density at radius 3 is 2.44 bits per heavy atom. The summed E-state index contributed by atoms with van der Waals surface area (Å²) in [4.78, 5) is 12.2. The highest BCUT2D eigenvalue weighted by Crippen LogP contribution is 2.25. The molecule has 1 aliphatic heterocycles. The molecule has 0 aliphatic carbocycles. The van der Waals surface area contributed by atoms with Gasteiger partial charge in [0.25, 0.3) is 0 Å². The van der Waals surface area contributed by atoms with Gasteiger partial charge in [0.05, 0.1) is 11.4 Å². The van der Waals surface area contributed by atoms with Crippen molar-refractivity contribution in [2.24, 2.45) is 5.92 Å². The van der Waals surface area contributed by atoms with Crippen LogP contribution in [-0.4, -0.2) is 48.0 Å². The topological polar surface area (TPSA) is 84.3 Å². The van der Waals surface area contributed by atoms with E-state index in [1.165, 1.54) is 22.5 Å². The minimum Gasteiger partial charge on any atom is -0.355 e. The van der Waals surface area contributed by atoms with E-state index in [4.69, 9.17) is 0 Å². The van der Waals surface area contributed by atoms with Crippen molar-refractivity contribution in [2.45, 2.75) is 24.2 Å². The van der Waals surface area contributed by atoms with E-state index < -0.39 is 15.8 Å². The van der Waals surface area contributed by atoms with Gasteiger partial charge in [-0.2, -0.15) is 9.40 Å². The van der Waals surface area contributed by atoms with Crippen LogP contribution < -0.4 is 5.32 Å². The second kappa shape index (κ2) is 9.62. The molecule has 7 nitrogen and oxygen atoms in total. The summed E-state index contributed by atoms with van der Waals surface area (Å²) >= 11 is 0. The van der Waals surface area contributed by atoms with Crippen molar-refractivity contribution in [3.05, 3.63) is 78.4 Å². The maximum atomic E-state index is 13.9. The van der Waals surface area contributed by atoms with Gasteiger partial charge < -0.3 is 5.32 Å². The molecular formula is C23H25FN4O3S. The third kappa shape index (κ3) is 4.89. The number of carbonyl (C=O) groups excluding carboxylic acids is 1. The van der Waals surface area contributed by atoms with Crippen LogP contribution in [0.4, 0.5) is 4.39 Å². The summed E-state index contributed by atoms with van der Waals surface area (Å²) in [5.41, 5.74) is 1.85. The summed E-state index contributed by atoms with van der Waals surface area (Å²) in [6.07, 6.45) is 3.30. The number of para-hydroxylation sites is 1. The minimum absolute atomic E-state index is 0.0876. The van der Waals surface area contributed by atoms with Gasteiger partial charge in [0, 0.05) is 38.2 Å². The van der Waals surface area contributed by atoms with Gasteiger partial charge >= 0.3 is 0 Å². The zero-order chi connectivity index (χ0) is 22.6. The maximum absolute atomic E-state index is 13.9. The van der Waals surface area contributed by atoms with Crippen molar-refractivity contribution in [1.82, 2.24) is 19.4 Å². The van der Waals surface area contributed by atoms with Crippen molar-refractivity contribution in [3.63, 3.8) is 0 Å². The number of hydrogen-bond donors (Lipinski definition) is 1. The summed E-state index contributed by atoms with van der Waals surface area (Å²) in [7, 11) is -3.90. The number of nitrogens with zero attached hydrogens (tertiary/aromatic N) is 3. The predicted molar refractivity (Wildman–Crippen MR) is 118 cm³/mol. The van der Waals surface area contributed by atoms with Crippen LogP contribution in [0.1, 0.15) is 18.5 Å². The second-order valence-electron chi connectivity index (χ2n) is 7.74. The van der Waals surface area contributed by atoms with Gasteiger partial charge in [-0.25, -0.2) is 17.5 Å². The highest BCUT2D eigenvalue weighted by atomic mass is 32.2. The molecule has 2 heterocycles. The fourth-order valence-electron chi connectivity index (χ4n) is 3.83. The van der Waals surface area contributed by atoms with Crippen molar-refractivity contribution in [3.8, 4) is 5.69 Å². The Balaban J connectivity index is 1.26. The molecule has 1 saturated heterocycles. The van der Waals surface area contributed by atoms with Gasteiger partial charge in [0.1, 0.15) is 10.7 Å². The average Bonchev–Trinajstić information content (AvgIpc) is 3.29. The third-order valence-electron chi connectivity index (χ3n) is 5.62. The second-order valence-corrected chi connectivity index (χ2v) is 9.64. The number of aromatic nitrogens is 2. The van der Waals surface area contributed by atoms with Gasteiger partial charge in [-0.05, 0) is 43.2 Å². The van der Waals surface area contributed by atoms with Gasteiger partial charge in [-0.15, -0.1) is 0 Å². The van der Waals surface area contributed by atoms with Crippen LogP contribution >= 0.6 is 0 Å². The summed E-state index contributed by atoms with van der Waals surface area (Å²) in [6.45, 7) is 0.838. The number of carbonyl (C=O) groups is 1. The molecule has 1 amide bonds. The number of benzene rings is 2. The van der Waals surface area contributed by atoms with Crippen LogP contribution in [0.15, 0.2) is 71.8 Å². The summed E-state index contributed by atoms with van der Waals surface area (Å²) < 4.78 is 42.4. The lowest BCUT2D eigenvalue weighted by Crippen LogP contribution is -2.43. The monoisotopic (exact) mass is 456 g/mol. The van der Waals surface area contributed by atoms with Crippen LogP contribution in [0.2, 0.25) is 0 Å². The van der Waals surface area contributed by atoms with Crippen LogP contribution in [-0.2, 0) is 21.2 Å². The number of halogens is 1. The number of sulfonamides is 1. The molecule has 0 unspecified atom stereocenters. The fourth-order valence-corrected chi connectivity index (χ4v) is 5.36. The molecule has 168 valence electrons. The highest BCUT2D eigenvalue weighted by Gasteiger charge is 2.33. The largest absolute Gasteiger partial charge is 0.355 e. The lowest BCUT2D eigenvalue weighted by atomic mass is 9.97. The molecule has 2 aromatic carbocycles. The standard InChI is InChI=1S/C23H25FN4O3S/c24-21-8-4-5-9-22(21)32(30,31)27-15-11-18(12-16-27)23(29)25-14-10-19-13-17-28(26-19)20-6-2-1-3-7-20/h1-9,13,17-18H,10-12,14-16H2,(H,25,29). The first-order chi connectivity index (χ1) is 15.4. The molecule has 0 spiro atoms. The molecule has 4 rings (SSSR count). The van der Waals surface area contributed by atoms with Crippen LogP contribution in [0, 0.1) is 11.7 Å². The Morgan fingerprint density at radius 2 is 1.72 bits per heavy atom. The van der Waals surface area contributed by atoms with E-state index >= 15 is 0 Å². The van der Waals surface area contributed by atoms with E-state index in [-0.39, 0.29) is 29.8 Å². The highest BCUT2D eigenvalue weighted by molar-refractivity contribution is 7.89. The average molecular weight is 457 g/mol. The van der Waals surface area contributed by atoms with Gasteiger partial charge in [0.15, 0.2) is 0 Å². The molecule has 0 saturated carbocycles. The van der Waals surface area contributed by atoms with Gasteiger partial charge in [-0.1, -0.05) is 30.3 Å². The quantitative estimate of drug-likeness (QED) is 0.593. The van der Waals surface area contributed by atoms with E-state index in [2.05, 4.69) is 10.4 Å². The van der Waals surface area contributed by atoms with E-state index in [0.29, 0.717) is 25.8 Å². The number of piperidine rings is 1. The normalized spacial score (nSPS) is 15.5. The zero-order valence-corrected chi connectivity index (χ0v) is 18.3. The molecular weight excluding hydrogens is 431 g/mol. The first-order valence-corrected chi connectivity index (χ1v) is 12.0.